The van der Waals surface area contributed by atoms with Gasteiger partial charge in [0.05, 0.1) is 11.1 Å². The molecule has 7 nitrogen and oxygen atoms in total. The molecule has 4 rings (SSSR count). The summed E-state index contributed by atoms with van der Waals surface area (Å²) in [6, 6.07) is 4.44. The molecule has 0 bridgehead atoms. The fraction of sp³-hybridized carbons (Fsp3) is 0.474. The maximum Gasteiger partial charge on any atom is 0.262 e. The SMILES string of the molecule is Cl.O=C1CCC(N2C(=O)c3cccc(CC4CCNCC4)c3C2=O)C(=O)N1. The lowest BCUT2D eigenvalue weighted by atomic mass is 9.88. The van der Waals surface area contributed by atoms with Gasteiger partial charge in [-0.1, -0.05) is 12.1 Å². The molecule has 1 unspecified atom stereocenters. The number of imide groups is 2. The molecule has 4 amide bonds. The Kier molecular flexibility index (Phi) is 5.62. The van der Waals surface area contributed by atoms with Crippen LogP contribution in [0.2, 0.25) is 0 Å². The number of fused-ring (bicyclic) bond motifs is 1. The van der Waals surface area contributed by atoms with Gasteiger partial charge in [0.1, 0.15) is 6.04 Å². The van der Waals surface area contributed by atoms with E-state index in [2.05, 4.69) is 10.6 Å². The first-order chi connectivity index (χ1) is 12.6. The molecule has 2 fully saturated rings. The summed E-state index contributed by atoms with van der Waals surface area (Å²) in [5.74, 6) is -1.31. The summed E-state index contributed by atoms with van der Waals surface area (Å²) in [7, 11) is 0. The molecule has 2 N–H and O–H groups in total. The minimum Gasteiger partial charge on any atom is -0.317 e. The van der Waals surface area contributed by atoms with E-state index < -0.39 is 23.8 Å². The molecule has 2 saturated heterocycles. The van der Waals surface area contributed by atoms with Crippen molar-refractivity contribution in [1.29, 1.82) is 0 Å². The van der Waals surface area contributed by atoms with Crippen molar-refractivity contribution in [3.63, 3.8) is 0 Å². The van der Waals surface area contributed by atoms with E-state index in [1.165, 1.54) is 0 Å². The normalized spacial score (nSPS) is 23.1. The second-order valence-corrected chi connectivity index (χ2v) is 7.18. The zero-order chi connectivity index (χ0) is 18.3. The highest BCUT2D eigenvalue weighted by molar-refractivity contribution is 6.24. The number of carbonyl (C=O) groups is 4. The molecule has 3 heterocycles. The summed E-state index contributed by atoms with van der Waals surface area (Å²) in [5, 5.41) is 5.55. The molecule has 0 spiro atoms. The van der Waals surface area contributed by atoms with Crippen LogP contribution in [0, 0.1) is 5.92 Å². The molecule has 0 saturated carbocycles. The van der Waals surface area contributed by atoms with Crippen LogP contribution in [0.3, 0.4) is 0 Å². The molecule has 1 aromatic carbocycles. The van der Waals surface area contributed by atoms with Crippen molar-refractivity contribution in [2.75, 3.05) is 13.1 Å². The molecule has 3 aliphatic heterocycles. The van der Waals surface area contributed by atoms with Crippen LogP contribution in [-0.2, 0) is 16.0 Å². The van der Waals surface area contributed by atoms with Crippen LogP contribution >= 0.6 is 12.4 Å². The number of amides is 4. The number of halogens is 1. The first-order valence-electron chi connectivity index (χ1n) is 9.10. The number of nitrogens with zero attached hydrogens (tertiary/aromatic N) is 1. The van der Waals surface area contributed by atoms with Gasteiger partial charge in [-0.2, -0.15) is 0 Å². The molecule has 27 heavy (non-hydrogen) atoms. The quantitative estimate of drug-likeness (QED) is 0.751. The lowest BCUT2D eigenvalue weighted by Crippen LogP contribution is -2.54. The van der Waals surface area contributed by atoms with Crippen molar-refractivity contribution in [2.24, 2.45) is 5.92 Å². The fourth-order valence-corrected chi connectivity index (χ4v) is 4.15. The van der Waals surface area contributed by atoms with Crippen molar-refractivity contribution in [2.45, 2.75) is 38.1 Å². The summed E-state index contributed by atoms with van der Waals surface area (Å²) >= 11 is 0. The van der Waals surface area contributed by atoms with E-state index in [4.69, 9.17) is 0 Å². The van der Waals surface area contributed by atoms with Gasteiger partial charge >= 0.3 is 0 Å². The van der Waals surface area contributed by atoms with E-state index in [1.807, 2.05) is 6.07 Å². The third kappa shape index (κ3) is 3.49. The van der Waals surface area contributed by atoms with Gasteiger partial charge in [-0.15, -0.1) is 12.4 Å². The van der Waals surface area contributed by atoms with E-state index in [-0.39, 0.29) is 31.2 Å². The number of carbonyl (C=O) groups excluding carboxylic acids is 4. The topological polar surface area (TPSA) is 95.6 Å². The molecule has 8 heteroatoms. The van der Waals surface area contributed by atoms with Crippen LogP contribution in [-0.4, -0.2) is 47.7 Å². The van der Waals surface area contributed by atoms with Crippen LogP contribution in [0.4, 0.5) is 0 Å². The smallest absolute Gasteiger partial charge is 0.262 e. The lowest BCUT2D eigenvalue weighted by Gasteiger charge is -2.28. The number of rotatable bonds is 3. The predicted octanol–water partition coefficient (Wildman–Crippen LogP) is 1.05. The third-order valence-electron chi connectivity index (χ3n) is 5.52. The van der Waals surface area contributed by atoms with E-state index in [1.54, 1.807) is 12.1 Å². The average molecular weight is 392 g/mol. The van der Waals surface area contributed by atoms with Gasteiger partial charge in [-0.05, 0) is 56.3 Å². The Hall–Kier alpha value is -2.25. The summed E-state index contributed by atoms with van der Waals surface area (Å²) < 4.78 is 0. The van der Waals surface area contributed by atoms with Crippen LogP contribution in [0.1, 0.15) is 52.0 Å². The average Bonchev–Trinajstić information content (AvgIpc) is 2.88. The van der Waals surface area contributed by atoms with Gasteiger partial charge in [-0.25, -0.2) is 0 Å². The van der Waals surface area contributed by atoms with E-state index in [0.717, 1.165) is 42.8 Å². The van der Waals surface area contributed by atoms with Crippen LogP contribution in [0.25, 0.3) is 0 Å². The second-order valence-electron chi connectivity index (χ2n) is 7.18. The maximum absolute atomic E-state index is 13.0. The summed E-state index contributed by atoms with van der Waals surface area (Å²) in [5.41, 5.74) is 1.68. The minimum absolute atomic E-state index is 0. The minimum atomic E-state index is -0.910. The van der Waals surface area contributed by atoms with E-state index in [0.29, 0.717) is 17.0 Å². The molecule has 0 aromatic heterocycles. The summed E-state index contributed by atoms with van der Waals surface area (Å²) in [6.45, 7) is 1.93. The van der Waals surface area contributed by atoms with Gasteiger partial charge < -0.3 is 5.32 Å². The highest BCUT2D eigenvalue weighted by atomic mass is 35.5. The van der Waals surface area contributed by atoms with Gasteiger partial charge in [0, 0.05) is 6.42 Å². The zero-order valence-corrected chi connectivity index (χ0v) is 15.6. The molecular weight excluding hydrogens is 370 g/mol. The van der Waals surface area contributed by atoms with E-state index >= 15 is 0 Å². The third-order valence-corrected chi connectivity index (χ3v) is 5.52. The Labute approximate surface area is 163 Å². The zero-order valence-electron chi connectivity index (χ0n) is 14.8. The highest BCUT2D eigenvalue weighted by Crippen LogP contribution is 2.31. The molecule has 0 aliphatic carbocycles. The van der Waals surface area contributed by atoms with E-state index in [9.17, 15) is 19.2 Å². The lowest BCUT2D eigenvalue weighted by molar-refractivity contribution is -0.136. The van der Waals surface area contributed by atoms with Gasteiger partial charge in [-0.3, -0.25) is 29.4 Å². The van der Waals surface area contributed by atoms with Crippen LogP contribution < -0.4 is 10.6 Å². The van der Waals surface area contributed by atoms with Crippen molar-refractivity contribution in [1.82, 2.24) is 15.5 Å². The second kappa shape index (κ2) is 7.78. The maximum atomic E-state index is 13.0. The van der Waals surface area contributed by atoms with Crippen LogP contribution in [0.15, 0.2) is 18.2 Å². The molecule has 1 atom stereocenters. The standard InChI is InChI=1S/C19H21N3O4.ClH/c23-15-5-4-14(17(24)21-15)22-18(25)13-3-1-2-12(16(13)19(22)26)10-11-6-8-20-9-7-11;/h1-3,11,14,20H,4-10H2,(H,21,23,24);1H. The largest absolute Gasteiger partial charge is 0.317 e. The van der Waals surface area contributed by atoms with Crippen molar-refractivity contribution < 1.29 is 19.2 Å². The van der Waals surface area contributed by atoms with Crippen LogP contribution in [0.5, 0.6) is 0 Å². The van der Waals surface area contributed by atoms with Gasteiger partial charge in [0.25, 0.3) is 11.8 Å². The summed E-state index contributed by atoms with van der Waals surface area (Å²) in [4.78, 5) is 50.4. The van der Waals surface area contributed by atoms with Gasteiger partial charge in [0.15, 0.2) is 0 Å². The molecular formula is C19H22ClN3O4. The number of piperidine rings is 2. The number of hydrogen-bond donors (Lipinski definition) is 2. The highest BCUT2D eigenvalue weighted by Gasteiger charge is 2.45. The first-order valence-corrected chi connectivity index (χ1v) is 9.10. The Balaban J connectivity index is 0.00000210. The Bertz CT molecular complexity index is 804. The molecule has 3 aliphatic rings. The van der Waals surface area contributed by atoms with Crippen molar-refractivity contribution >= 4 is 36.0 Å². The Morgan fingerprint density at radius 1 is 1.00 bits per heavy atom. The number of nitrogens with one attached hydrogen (secondary N) is 2. The monoisotopic (exact) mass is 391 g/mol. The molecule has 0 radical (unpaired) electrons. The Morgan fingerprint density at radius 3 is 2.44 bits per heavy atom. The Morgan fingerprint density at radius 2 is 1.74 bits per heavy atom. The molecule has 1 aromatic rings. The number of hydrogen-bond acceptors (Lipinski definition) is 5. The summed E-state index contributed by atoms with van der Waals surface area (Å²) in [6.07, 6.45) is 3.16. The fourth-order valence-electron chi connectivity index (χ4n) is 4.15. The molecule has 144 valence electrons. The predicted molar refractivity (Wildman–Crippen MR) is 99.7 cm³/mol. The van der Waals surface area contributed by atoms with Crippen molar-refractivity contribution in [3.05, 3.63) is 34.9 Å². The van der Waals surface area contributed by atoms with Gasteiger partial charge in [0.2, 0.25) is 11.8 Å². The first kappa shape index (κ1) is 19.5. The number of benzene rings is 1. The van der Waals surface area contributed by atoms with Crippen molar-refractivity contribution in [3.8, 4) is 0 Å².